The largest absolute Gasteiger partial charge is 0.351 e. The van der Waals surface area contributed by atoms with Gasteiger partial charge in [-0.1, -0.05) is 6.92 Å². The molecule has 1 aliphatic rings. The first-order chi connectivity index (χ1) is 7.95. The number of hydrogen-bond acceptors (Lipinski definition) is 4. The summed E-state index contributed by atoms with van der Waals surface area (Å²) in [4.78, 5) is 35.6. The van der Waals surface area contributed by atoms with E-state index in [2.05, 4.69) is 5.32 Å². The van der Waals surface area contributed by atoms with Gasteiger partial charge in [0, 0.05) is 25.4 Å². The zero-order valence-corrected chi connectivity index (χ0v) is 10.2. The minimum atomic E-state index is -0.845. The van der Waals surface area contributed by atoms with Crippen molar-refractivity contribution in [3.8, 4) is 0 Å². The lowest BCUT2D eigenvalue weighted by Gasteiger charge is -2.34. The Balaban J connectivity index is 2.58. The van der Waals surface area contributed by atoms with Crippen LogP contribution in [0.15, 0.2) is 0 Å². The predicted molar refractivity (Wildman–Crippen MR) is 62.2 cm³/mol. The zero-order chi connectivity index (χ0) is 13.0. The number of carbonyl (C=O) groups excluding carboxylic acids is 3. The number of rotatable bonds is 3. The summed E-state index contributed by atoms with van der Waals surface area (Å²) in [7, 11) is 0. The molecule has 2 atom stereocenters. The monoisotopic (exact) mass is 241 g/mol. The molecule has 0 saturated carbocycles. The third-order valence-electron chi connectivity index (χ3n) is 3.22. The molecule has 1 aliphatic heterocycles. The number of amides is 3. The Labute approximate surface area is 101 Å². The van der Waals surface area contributed by atoms with E-state index in [0.717, 1.165) is 6.42 Å². The maximum absolute atomic E-state index is 11.6. The van der Waals surface area contributed by atoms with Crippen LogP contribution in [0.2, 0.25) is 0 Å². The molecule has 3 amide bonds. The van der Waals surface area contributed by atoms with Gasteiger partial charge in [-0.15, -0.1) is 0 Å². The third kappa shape index (κ3) is 3.52. The zero-order valence-electron chi connectivity index (χ0n) is 10.2. The second kappa shape index (κ2) is 5.77. The van der Waals surface area contributed by atoms with Gasteiger partial charge in [0.05, 0.1) is 6.04 Å². The number of primary amides is 1. The van der Waals surface area contributed by atoms with Crippen molar-refractivity contribution in [3.05, 3.63) is 0 Å². The Bertz CT molecular complexity index is 330. The van der Waals surface area contributed by atoms with Crippen molar-refractivity contribution in [3.63, 3.8) is 0 Å². The van der Waals surface area contributed by atoms with E-state index >= 15 is 0 Å². The lowest BCUT2D eigenvalue weighted by atomic mass is 9.93. The second-order valence-corrected chi connectivity index (χ2v) is 4.35. The number of urea groups is 1. The van der Waals surface area contributed by atoms with Gasteiger partial charge in [-0.3, -0.25) is 19.8 Å². The summed E-state index contributed by atoms with van der Waals surface area (Å²) < 4.78 is 0. The number of nitrogens with one attached hydrogen (secondary N) is 1. The van der Waals surface area contributed by atoms with Crippen molar-refractivity contribution < 1.29 is 14.4 Å². The normalized spacial score (nSPS) is 23.2. The van der Waals surface area contributed by atoms with Crippen molar-refractivity contribution in [2.24, 2.45) is 11.7 Å². The lowest BCUT2D eigenvalue weighted by Crippen LogP contribution is -2.52. The number of nitrogens with two attached hydrogens (primary N) is 1. The summed E-state index contributed by atoms with van der Waals surface area (Å²) in [5.74, 6) is -0.166. The van der Waals surface area contributed by atoms with E-state index in [1.165, 1.54) is 0 Å². The minimum Gasteiger partial charge on any atom is -0.351 e. The van der Waals surface area contributed by atoms with Crippen LogP contribution in [0.3, 0.4) is 0 Å². The van der Waals surface area contributed by atoms with Gasteiger partial charge in [0.1, 0.15) is 5.78 Å². The summed E-state index contributed by atoms with van der Waals surface area (Å²) >= 11 is 0. The van der Waals surface area contributed by atoms with Gasteiger partial charge in [0.25, 0.3) is 0 Å². The number of carbonyl (C=O) groups is 3. The van der Waals surface area contributed by atoms with Crippen LogP contribution in [0.1, 0.15) is 26.7 Å². The molecular formula is C11H19N3O3. The molecule has 3 N–H and O–H groups in total. The molecule has 6 heteroatoms. The molecule has 0 radical (unpaired) electrons. The van der Waals surface area contributed by atoms with Crippen LogP contribution >= 0.6 is 0 Å². The predicted octanol–water partition coefficient (Wildman–Crippen LogP) is -0.129. The smallest absolute Gasteiger partial charge is 0.318 e. The highest BCUT2D eigenvalue weighted by molar-refractivity contribution is 5.96. The molecule has 17 heavy (non-hydrogen) atoms. The van der Waals surface area contributed by atoms with Gasteiger partial charge in [-0.05, 0) is 13.3 Å². The molecule has 1 saturated heterocycles. The van der Waals surface area contributed by atoms with Crippen molar-refractivity contribution in [2.45, 2.75) is 32.7 Å². The van der Waals surface area contributed by atoms with Crippen molar-refractivity contribution in [2.75, 3.05) is 13.1 Å². The Morgan fingerprint density at radius 2 is 2.24 bits per heavy atom. The first-order valence-corrected chi connectivity index (χ1v) is 5.82. The van der Waals surface area contributed by atoms with Crippen LogP contribution in [-0.4, -0.2) is 41.8 Å². The molecule has 1 fully saturated rings. The van der Waals surface area contributed by atoms with Crippen LogP contribution in [0.5, 0.6) is 0 Å². The second-order valence-electron chi connectivity index (χ2n) is 4.35. The molecule has 2 unspecified atom stereocenters. The van der Waals surface area contributed by atoms with Gasteiger partial charge < -0.3 is 5.73 Å². The summed E-state index contributed by atoms with van der Waals surface area (Å²) in [5.41, 5.74) is 4.89. The van der Waals surface area contributed by atoms with Crippen LogP contribution in [0.25, 0.3) is 0 Å². The number of Topliss-reactive ketones (excluding diaryl/α,β-unsaturated/α-hetero) is 1. The first kappa shape index (κ1) is 13.6. The molecule has 96 valence electrons. The van der Waals surface area contributed by atoms with Crippen LogP contribution < -0.4 is 11.1 Å². The highest BCUT2D eigenvalue weighted by atomic mass is 16.2. The van der Waals surface area contributed by atoms with Crippen molar-refractivity contribution >= 4 is 17.7 Å². The van der Waals surface area contributed by atoms with Gasteiger partial charge in [0.15, 0.2) is 0 Å². The Morgan fingerprint density at radius 1 is 1.59 bits per heavy atom. The van der Waals surface area contributed by atoms with Crippen molar-refractivity contribution in [1.82, 2.24) is 10.2 Å². The average Bonchev–Trinajstić information content (AvgIpc) is 2.27. The van der Waals surface area contributed by atoms with Crippen LogP contribution in [0, 0.1) is 5.92 Å². The summed E-state index contributed by atoms with van der Waals surface area (Å²) in [6.07, 6.45) is 1.24. The maximum Gasteiger partial charge on any atom is 0.318 e. The minimum absolute atomic E-state index is 0.00687. The molecule has 6 nitrogen and oxygen atoms in total. The number of likely N-dealkylation sites (tertiary alicyclic amines) is 1. The van der Waals surface area contributed by atoms with E-state index in [0.29, 0.717) is 19.5 Å². The molecular weight excluding hydrogens is 222 g/mol. The number of ketones is 1. The maximum atomic E-state index is 11.6. The Morgan fingerprint density at radius 3 is 2.76 bits per heavy atom. The van der Waals surface area contributed by atoms with Crippen LogP contribution in [0.4, 0.5) is 4.79 Å². The SMILES string of the molecule is CCC1CN(C(C)C(=O)NC(N)=O)CCC1=O. The standard InChI is InChI=1S/C11H19N3O3/c1-3-8-6-14(5-4-9(8)15)7(2)10(16)13-11(12)17/h7-8H,3-6H2,1-2H3,(H3,12,13,16,17). The number of nitrogens with zero attached hydrogens (tertiary/aromatic N) is 1. The first-order valence-electron chi connectivity index (χ1n) is 5.82. The summed E-state index contributed by atoms with van der Waals surface area (Å²) in [5, 5.41) is 2.06. The van der Waals surface area contributed by atoms with E-state index < -0.39 is 18.0 Å². The molecule has 0 aliphatic carbocycles. The molecule has 0 aromatic heterocycles. The van der Waals surface area contributed by atoms with Crippen molar-refractivity contribution in [1.29, 1.82) is 0 Å². The highest BCUT2D eigenvalue weighted by Crippen LogP contribution is 2.18. The van der Waals surface area contributed by atoms with E-state index in [9.17, 15) is 14.4 Å². The topological polar surface area (TPSA) is 92.5 Å². The highest BCUT2D eigenvalue weighted by Gasteiger charge is 2.31. The fourth-order valence-electron chi connectivity index (χ4n) is 2.03. The van der Waals surface area contributed by atoms with E-state index in [1.807, 2.05) is 11.8 Å². The number of hydrogen-bond donors (Lipinski definition) is 2. The van der Waals surface area contributed by atoms with E-state index in [1.54, 1.807) is 6.92 Å². The van der Waals surface area contributed by atoms with E-state index in [-0.39, 0.29) is 11.7 Å². The van der Waals surface area contributed by atoms with Gasteiger partial charge in [0.2, 0.25) is 5.91 Å². The van der Waals surface area contributed by atoms with Gasteiger partial charge >= 0.3 is 6.03 Å². The summed E-state index contributed by atoms with van der Waals surface area (Å²) in [6, 6.07) is -1.29. The molecule has 0 aromatic rings. The molecule has 0 bridgehead atoms. The van der Waals surface area contributed by atoms with Gasteiger partial charge in [-0.2, -0.15) is 0 Å². The Kier molecular flexibility index (Phi) is 4.62. The third-order valence-corrected chi connectivity index (χ3v) is 3.22. The Hall–Kier alpha value is -1.43. The number of imide groups is 1. The fraction of sp³-hybridized carbons (Fsp3) is 0.727. The van der Waals surface area contributed by atoms with Gasteiger partial charge in [-0.25, -0.2) is 4.79 Å². The molecule has 0 aromatic carbocycles. The fourth-order valence-corrected chi connectivity index (χ4v) is 2.03. The lowest BCUT2D eigenvalue weighted by molar-refractivity contribution is -0.132. The average molecular weight is 241 g/mol. The number of piperidine rings is 1. The van der Waals surface area contributed by atoms with E-state index in [4.69, 9.17) is 5.73 Å². The molecule has 1 heterocycles. The van der Waals surface area contributed by atoms with Crippen LogP contribution in [-0.2, 0) is 9.59 Å². The quantitative estimate of drug-likeness (QED) is 0.720. The molecule has 0 spiro atoms. The summed E-state index contributed by atoms with van der Waals surface area (Å²) in [6.45, 7) is 4.80. The molecule has 1 rings (SSSR count).